The van der Waals surface area contributed by atoms with Gasteiger partial charge in [0.25, 0.3) is 0 Å². The molecule has 0 radical (unpaired) electrons. The van der Waals surface area contributed by atoms with Crippen molar-refractivity contribution in [1.82, 2.24) is 0 Å². The van der Waals surface area contributed by atoms with Gasteiger partial charge in [0.2, 0.25) is 0 Å². The fraction of sp³-hybridized carbons (Fsp3) is 0.0909. The molecule has 0 N–H and O–H groups in total. The summed E-state index contributed by atoms with van der Waals surface area (Å²) >= 11 is 0. The highest BCUT2D eigenvalue weighted by Crippen LogP contribution is 2.30. The molecule has 0 aliphatic rings. The summed E-state index contributed by atoms with van der Waals surface area (Å²) in [7, 11) is -1.76. The minimum absolute atomic E-state index is 0.0494. The van der Waals surface area contributed by atoms with Crippen molar-refractivity contribution in [3.8, 4) is 11.5 Å². The summed E-state index contributed by atoms with van der Waals surface area (Å²) in [5.41, 5.74) is 0.473. The van der Waals surface area contributed by atoms with E-state index in [9.17, 15) is 18.0 Å². The SMILES string of the molecule is COC(=O)c1cccc(S(=O)(=O)Oc2cc(OC)ccc2C(=O)c2ccccc2)c1. The van der Waals surface area contributed by atoms with Gasteiger partial charge in [-0.2, -0.15) is 8.42 Å². The maximum absolute atomic E-state index is 12.9. The fourth-order valence-electron chi connectivity index (χ4n) is 2.69. The summed E-state index contributed by atoms with van der Waals surface area (Å²) < 4.78 is 40.7. The highest BCUT2D eigenvalue weighted by Gasteiger charge is 2.23. The Morgan fingerprint density at radius 3 is 2.17 bits per heavy atom. The number of ketones is 1. The van der Waals surface area contributed by atoms with Crippen LogP contribution in [0.4, 0.5) is 0 Å². The van der Waals surface area contributed by atoms with Gasteiger partial charge in [0, 0.05) is 11.6 Å². The van der Waals surface area contributed by atoms with Gasteiger partial charge in [-0.15, -0.1) is 0 Å². The fourth-order valence-corrected chi connectivity index (χ4v) is 3.68. The Hall–Kier alpha value is -3.65. The molecule has 0 aromatic heterocycles. The average Bonchev–Trinajstić information content (AvgIpc) is 2.78. The predicted molar refractivity (Wildman–Crippen MR) is 108 cm³/mol. The Balaban J connectivity index is 2.03. The summed E-state index contributed by atoms with van der Waals surface area (Å²) in [6.07, 6.45) is 0. The lowest BCUT2D eigenvalue weighted by atomic mass is 10.0. The van der Waals surface area contributed by atoms with Crippen LogP contribution in [0, 0.1) is 0 Å². The number of ether oxygens (including phenoxy) is 2. The van der Waals surface area contributed by atoms with E-state index in [2.05, 4.69) is 4.74 Å². The number of esters is 1. The first-order chi connectivity index (χ1) is 14.4. The van der Waals surface area contributed by atoms with Gasteiger partial charge in [-0.3, -0.25) is 4.79 Å². The van der Waals surface area contributed by atoms with Crippen LogP contribution >= 0.6 is 0 Å². The van der Waals surface area contributed by atoms with Crippen LogP contribution in [0.15, 0.2) is 77.7 Å². The van der Waals surface area contributed by atoms with Gasteiger partial charge < -0.3 is 13.7 Å². The van der Waals surface area contributed by atoms with E-state index in [1.807, 2.05) is 0 Å². The van der Waals surface area contributed by atoms with Gasteiger partial charge in [-0.25, -0.2) is 4.79 Å². The van der Waals surface area contributed by atoms with E-state index in [1.165, 1.54) is 50.6 Å². The molecule has 0 unspecified atom stereocenters. The summed E-state index contributed by atoms with van der Waals surface area (Å²) in [5.74, 6) is -0.972. The minimum atomic E-state index is -4.36. The molecule has 0 amide bonds. The third-order valence-electron chi connectivity index (χ3n) is 4.21. The maximum Gasteiger partial charge on any atom is 0.339 e. The molecule has 0 aliphatic carbocycles. The van der Waals surface area contributed by atoms with Gasteiger partial charge in [-0.05, 0) is 30.3 Å². The first-order valence-electron chi connectivity index (χ1n) is 8.76. The lowest BCUT2D eigenvalue weighted by Crippen LogP contribution is -2.14. The quantitative estimate of drug-likeness (QED) is 0.324. The van der Waals surface area contributed by atoms with Crippen molar-refractivity contribution in [2.45, 2.75) is 4.90 Å². The van der Waals surface area contributed by atoms with Crippen LogP contribution in [-0.2, 0) is 14.9 Å². The van der Waals surface area contributed by atoms with Gasteiger partial charge in [0.15, 0.2) is 11.5 Å². The second kappa shape index (κ2) is 8.79. The maximum atomic E-state index is 12.9. The second-order valence-corrected chi connectivity index (χ2v) is 7.66. The Kier molecular flexibility index (Phi) is 6.17. The van der Waals surface area contributed by atoms with Crippen LogP contribution < -0.4 is 8.92 Å². The van der Waals surface area contributed by atoms with E-state index in [0.29, 0.717) is 11.3 Å². The lowest BCUT2D eigenvalue weighted by molar-refractivity contribution is 0.0600. The number of carbonyl (C=O) groups excluding carboxylic acids is 2. The molecular formula is C22H18O7S. The van der Waals surface area contributed by atoms with Crippen molar-refractivity contribution in [1.29, 1.82) is 0 Å². The normalized spacial score (nSPS) is 10.9. The number of hydrogen-bond donors (Lipinski definition) is 0. The molecule has 3 aromatic carbocycles. The van der Waals surface area contributed by atoms with Crippen LogP contribution in [-0.4, -0.2) is 34.4 Å². The van der Waals surface area contributed by atoms with Crippen LogP contribution in [0.5, 0.6) is 11.5 Å². The Morgan fingerprint density at radius 1 is 0.800 bits per heavy atom. The van der Waals surface area contributed by atoms with Crippen LogP contribution in [0.3, 0.4) is 0 Å². The highest BCUT2D eigenvalue weighted by molar-refractivity contribution is 7.87. The van der Waals surface area contributed by atoms with Gasteiger partial charge in [0.05, 0.1) is 25.3 Å². The molecule has 3 rings (SSSR count). The van der Waals surface area contributed by atoms with E-state index >= 15 is 0 Å². The first-order valence-corrected chi connectivity index (χ1v) is 10.2. The third kappa shape index (κ3) is 4.49. The van der Waals surface area contributed by atoms with Crippen molar-refractivity contribution in [2.75, 3.05) is 14.2 Å². The number of hydrogen-bond acceptors (Lipinski definition) is 7. The second-order valence-electron chi connectivity index (χ2n) is 6.11. The largest absolute Gasteiger partial charge is 0.497 e. The molecule has 0 aliphatic heterocycles. The Bertz CT molecular complexity index is 1190. The van der Waals surface area contributed by atoms with E-state index in [1.54, 1.807) is 30.3 Å². The van der Waals surface area contributed by atoms with Crippen LogP contribution in [0.25, 0.3) is 0 Å². The monoisotopic (exact) mass is 426 g/mol. The Labute approximate surface area is 174 Å². The Morgan fingerprint density at radius 2 is 1.50 bits per heavy atom. The van der Waals surface area contributed by atoms with Crippen molar-refractivity contribution in [3.05, 3.63) is 89.5 Å². The summed E-state index contributed by atoms with van der Waals surface area (Å²) in [6, 6.07) is 17.9. The molecule has 0 saturated heterocycles. The topological polar surface area (TPSA) is 96.0 Å². The molecule has 0 atom stereocenters. The summed E-state index contributed by atoms with van der Waals surface area (Å²) in [6.45, 7) is 0. The molecular weight excluding hydrogens is 408 g/mol. The van der Waals surface area contributed by atoms with E-state index in [4.69, 9.17) is 8.92 Å². The molecule has 30 heavy (non-hydrogen) atoms. The number of carbonyl (C=O) groups is 2. The zero-order valence-electron chi connectivity index (χ0n) is 16.2. The number of rotatable bonds is 7. The van der Waals surface area contributed by atoms with Crippen LogP contribution in [0.1, 0.15) is 26.3 Å². The van der Waals surface area contributed by atoms with Gasteiger partial charge in [-0.1, -0.05) is 36.4 Å². The standard InChI is InChI=1S/C22H18O7S/c1-27-17-11-12-19(21(23)15-7-4-3-5-8-15)20(14-17)29-30(25,26)18-10-6-9-16(13-18)22(24)28-2/h3-14H,1-2H3. The lowest BCUT2D eigenvalue weighted by Gasteiger charge is -2.13. The van der Waals surface area contributed by atoms with Gasteiger partial charge >= 0.3 is 16.1 Å². The molecule has 154 valence electrons. The van der Waals surface area contributed by atoms with Crippen molar-refractivity contribution >= 4 is 21.9 Å². The molecule has 3 aromatic rings. The van der Waals surface area contributed by atoms with Crippen molar-refractivity contribution < 1.29 is 31.7 Å². The number of benzene rings is 3. The third-order valence-corrected chi connectivity index (χ3v) is 5.44. The van der Waals surface area contributed by atoms with E-state index < -0.39 is 21.9 Å². The first kappa shape index (κ1) is 21.1. The zero-order chi connectivity index (χ0) is 21.7. The predicted octanol–water partition coefficient (Wildman–Crippen LogP) is 3.48. The van der Waals surface area contributed by atoms with Crippen molar-refractivity contribution in [3.63, 3.8) is 0 Å². The molecule has 0 saturated carbocycles. The summed E-state index contributed by atoms with van der Waals surface area (Å²) in [5, 5.41) is 0. The molecule has 0 bridgehead atoms. The van der Waals surface area contributed by atoms with Crippen molar-refractivity contribution in [2.24, 2.45) is 0 Å². The molecule has 0 heterocycles. The minimum Gasteiger partial charge on any atom is -0.497 e. The van der Waals surface area contributed by atoms with Crippen LogP contribution in [0.2, 0.25) is 0 Å². The molecule has 7 nitrogen and oxygen atoms in total. The van der Waals surface area contributed by atoms with E-state index in [-0.39, 0.29) is 21.8 Å². The molecule has 0 fully saturated rings. The molecule has 8 heteroatoms. The summed E-state index contributed by atoms with van der Waals surface area (Å²) in [4.78, 5) is 24.4. The van der Waals surface area contributed by atoms with E-state index in [0.717, 1.165) is 6.07 Å². The van der Waals surface area contributed by atoms with Gasteiger partial charge in [0.1, 0.15) is 10.6 Å². The molecule has 0 spiro atoms. The number of methoxy groups -OCH3 is 2. The smallest absolute Gasteiger partial charge is 0.339 e. The average molecular weight is 426 g/mol. The highest BCUT2D eigenvalue weighted by atomic mass is 32.2. The zero-order valence-corrected chi connectivity index (χ0v) is 17.0.